The molecule has 1 heterocycles. The SMILES string of the molecule is O=S(=O)(Oc1cc(-c2ccccc2Cl)cc2cncnc12)C(F)(F)F. The molecular weight excluding hydrogens is 381 g/mol. The van der Waals surface area contributed by atoms with Crippen LogP contribution in [-0.2, 0) is 10.1 Å². The van der Waals surface area contributed by atoms with Crippen molar-refractivity contribution in [3.05, 3.63) is 53.9 Å². The highest BCUT2D eigenvalue weighted by molar-refractivity contribution is 7.88. The topological polar surface area (TPSA) is 69.2 Å². The largest absolute Gasteiger partial charge is 0.534 e. The highest BCUT2D eigenvalue weighted by atomic mass is 35.5. The quantitative estimate of drug-likeness (QED) is 0.497. The van der Waals surface area contributed by atoms with Gasteiger partial charge in [0, 0.05) is 22.2 Å². The Kier molecular flexibility index (Phi) is 4.29. The van der Waals surface area contributed by atoms with Gasteiger partial charge in [0.2, 0.25) is 0 Å². The fourth-order valence-corrected chi connectivity index (χ4v) is 2.85. The number of benzene rings is 2. The van der Waals surface area contributed by atoms with Gasteiger partial charge >= 0.3 is 15.6 Å². The summed E-state index contributed by atoms with van der Waals surface area (Å²) in [5, 5.41) is 0.635. The number of aromatic nitrogens is 2. The predicted octanol–water partition coefficient (Wildman–Crippen LogP) is 4.18. The molecule has 0 aliphatic rings. The van der Waals surface area contributed by atoms with Crippen molar-refractivity contribution in [3.63, 3.8) is 0 Å². The maximum atomic E-state index is 12.6. The molecule has 0 bridgehead atoms. The summed E-state index contributed by atoms with van der Waals surface area (Å²) in [6, 6.07) is 9.30. The molecule has 0 radical (unpaired) electrons. The van der Waals surface area contributed by atoms with E-state index in [1.54, 1.807) is 30.3 Å². The van der Waals surface area contributed by atoms with Gasteiger partial charge in [-0.1, -0.05) is 29.8 Å². The first-order valence-electron chi connectivity index (χ1n) is 6.68. The Hall–Kier alpha value is -2.39. The van der Waals surface area contributed by atoms with Crippen LogP contribution in [0.15, 0.2) is 48.9 Å². The number of hydrogen-bond acceptors (Lipinski definition) is 5. The smallest absolute Gasteiger partial charge is 0.374 e. The molecular formula is C15H8ClF3N2O3S. The highest BCUT2D eigenvalue weighted by Crippen LogP contribution is 2.36. The van der Waals surface area contributed by atoms with E-state index in [0.717, 1.165) is 12.4 Å². The number of fused-ring (bicyclic) bond motifs is 1. The summed E-state index contributed by atoms with van der Waals surface area (Å²) in [6.45, 7) is 0. The van der Waals surface area contributed by atoms with Crippen LogP contribution >= 0.6 is 11.6 Å². The van der Waals surface area contributed by atoms with Crippen molar-refractivity contribution in [1.29, 1.82) is 0 Å². The van der Waals surface area contributed by atoms with E-state index in [-0.39, 0.29) is 5.52 Å². The van der Waals surface area contributed by atoms with Gasteiger partial charge in [0.1, 0.15) is 11.8 Å². The van der Waals surface area contributed by atoms with Crippen molar-refractivity contribution in [3.8, 4) is 16.9 Å². The molecule has 0 atom stereocenters. The third-order valence-electron chi connectivity index (χ3n) is 3.24. The van der Waals surface area contributed by atoms with Crippen molar-refractivity contribution in [2.45, 2.75) is 5.51 Å². The van der Waals surface area contributed by atoms with Crippen LogP contribution in [0.25, 0.3) is 22.0 Å². The molecule has 0 saturated heterocycles. The van der Waals surface area contributed by atoms with Gasteiger partial charge in [-0.2, -0.15) is 21.6 Å². The first-order valence-corrected chi connectivity index (χ1v) is 8.47. The molecule has 3 aromatic rings. The fourth-order valence-electron chi connectivity index (χ4n) is 2.15. The van der Waals surface area contributed by atoms with Crippen LogP contribution in [0, 0.1) is 0 Å². The van der Waals surface area contributed by atoms with Gasteiger partial charge < -0.3 is 4.18 Å². The summed E-state index contributed by atoms with van der Waals surface area (Å²) in [4.78, 5) is 7.59. The lowest BCUT2D eigenvalue weighted by molar-refractivity contribution is -0.0499. The molecule has 5 nitrogen and oxygen atoms in total. The Morgan fingerprint density at radius 2 is 1.84 bits per heavy atom. The molecule has 0 saturated carbocycles. The third kappa shape index (κ3) is 3.38. The summed E-state index contributed by atoms with van der Waals surface area (Å²) in [5.74, 6) is -0.563. The lowest BCUT2D eigenvalue weighted by Crippen LogP contribution is -2.28. The van der Waals surface area contributed by atoms with Gasteiger partial charge in [0.05, 0.1) is 0 Å². The molecule has 2 aromatic carbocycles. The zero-order valence-electron chi connectivity index (χ0n) is 12.2. The Bertz CT molecular complexity index is 1060. The summed E-state index contributed by atoms with van der Waals surface area (Å²) in [6.07, 6.45) is 2.40. The second-order valence-corrected chi connectivity index (χ2v) is 6.84. The number of nitrogens with zero attached hydrogens (tertiary/aromatic N) is 2. The van der Waals surface area contributed by atoms with Crippen LogP contribution in [0.1, 0.15) is 0 Å². The normalized spacial score (nSPS) is 12.3. The van der Waals surface area contributed by atoms with Gasteiger partial charge in [-0.25, -0.2) is 9.97 Å². The second-order valence-electron chi connectivity index (χ2n) is 4.90. The molecule has 130 valence electrons. The van der Waals surface area contributed by atoms with E-state index in [0.29, 0.717) is 21.5 Å². The molecule has 0 aliphatic heterocycles. The average molecular weight is 389 g/mol. The molecule has 3 rings (SSSR count). The summed E-state index contributed by atoms with van der Waals surface area (Å²) >= 11 is 6.10. The highest BCUT2D eigenvalue weighted by Gasteiger charge is 2.48. The molecule has 0 unspecified atom stereocenters. The fraction of sp³-hybridized carbons (Fsp3) is 0.0667. The zero-order valence-corrected chi connectivity index (χ0v) is 13.7. The van der Waals surface area contributed by atoms with Gasteiger partial charge in [0.25, 0.3) is 0 Å². The first-order chi connectivity index (χ1) is 11.7. The van der Waals surface area contributed by atoms with E-state index < -0.39 is 21.4 Å². The molecule has 0 N–H and O–H groups in total. The number of halogens is 4. The van der Waals surface area contributed by atoms with Gasteiger partial charge in [0.15, 0.2) is 5.75 Å². The second kappa shape index (κ2) is 6.16. The minimum atomic E-state index is -5.84. The van der Waals surface area contributed by atoms with E-state index in [9.17, 15) is 21.6 Å². The molecule has 25 heavy (non-hydrogen) atoms. The Labute approximate surface area is 145 Å². The zero-order chi connectivity index (χ0) is 18.2. The lowest BCUT2D eigenvalue weighted by atomic mass is 10.0. The van der Waals surface area contributed by atoms with Crippen molar-refractivity contribution < 1.29 is 25.8 Å². The molecule has 0 spiro atoms. The Morgan fingerprint density at radius 1 is 1.12 bits per heavy atom. The summed E-state index contributed by atoms with van der Waals surface area (Å²) in [5.41, 5.74) is -4.78. The molecule has 0 aliphatic carbocycles. The van der Waals surface area contributed by atoms with E-state index in [1.807, 2.05) is 0 Å². The van der Waals surface area contributed by atoms with Crippen molar-refractivity contribution in [1.82, 2.24) is 9.97 Å². The maximum Gasteiger partial charge on any atom is 0.534 e. The minimum Gasteiger partial charge on any atom is -0.374 e. The van der Waals surface area contributed by atoms with Gasteiger partial charge in [-0.15, -0.1) is 0 Å². The molecule has 1 aromatic heterocycles. The number of hydrogen-bond donors (Lipinski definition) is 0. The molecule has 0 fully saturated rings. The molecule has 10 heteroatoms. The van der Waals surface area contributed by atoms with Crippen LogP contribution in [0.3, 0.4) is 0 Å². The van der Waals surface area contributed by atoms with Crippen LogP contribution in [0.5, 0.6) is 5.75 Å². The van der Waals surface area contributed by atoms with Crippen LogP contribution in [0.2, 0.25) is 5.02 Å². The van der Waals surface area contributed by atoms with Crippen LogP contribution in [0.4, 0.5) is 13.2 Å². The van der Waals surface area contributed by atoms with E-state index in [4.69, 9.17) is 11.6 Å². The van der Waals surface area contributed by atoms with E-state index >= 15 is 0 Å². The monoisotopic (exact) mass is 388 g/mol. The van der Waals surface area contributed by atoms with Crippen molar-refractivity contribution in [2.24, 2.45) is 0 Å². The lowest BCUT2D eigenvalue weighted by Gasteiger charge is -2.13. The number of rotatable bonds is 3. The maximum absolute atomic E-state index is 12.6. The summed E-state index contributed by atoms with van der Waals surface area (Å²) < 4.78 is 64.9. The first kappa shape index (κ1) is 17.4. The van der Waals surface area contributed by atoms with Crippen LogP contribution in [-0.4, -0.2) is 23.9 Å². The standard InChI is InChI=1S/C15H8ClF3N2O3S/c16-12-4-2-1-3-11(12)9-5-10-7-20-8-21-14(10)13(6-9)24-25(22,23)15(17,18)19/h1-8H. The van der Waals surface area contributed by atoms with Gasteiger partial charge in [-0.3, -0.25) is 0 Å². The van der Waals surface area contributed by atoms with Gasteiger partial charge in [-0.05, 0) is 23.8 Å². The van der Waals surface area contributed by atoms with Crippen LogP contribution < -0.4 is 4.18 Å². The average Bonchev–Trinajstić information content (AvgIpc) is 2.54. The third-order valence-corrected chi connectivity index (χ3v) is 4.53. The Balaban J connectivity index is 2.23. The Morgan fingerprint density at radius 3 is 2.52 bits per heavy atom. The van der Waals surface area contributed by atoms with E-state index in [2.05, 4.69) is 14.2 Å². The number of alkyl halides is 3. The predicted molar refractivity (Wildman–Crippen MR) is 85.6 cm³/mol. The molecule has 0 amide bonds. The summed E-state index contributed by atoms with van der Waals surface area (Å²) in [7, 11) is -5.84. The minimum absolute atomic E-state index is 0.0707. The van der Waals surface area contributed by atoms with Crippen molar-refractivity contribution in [2.75, 3.05) is 0 Å². The van der Waals surface area contributed by atoms with E-state index in [1.165, 1.54) is 6.20 Å². The van der Waals surface area contributed by atoms with Crippen molar-refractivity contribution >= 4 is 32.6 Å².